The van der Waals surface area contributed by atoms with Crippen molar-refractivity contribution in [3.63, 3.8) is 0 Å². The molecular formula is C14H13FN2O2S. The Kier molecular flexibility index (Phi) is 3.82. The van der Waals surface area contributed by atoms with Crippen LogP contribution in [0.15, 0.2) is 33.7 Å². The first kappa shape index (κ1) is 13.3. The molecule has 4 nitrogen and oxygen atoms in total. The highest BCUT2D eigenvalue weighted by Gasteiger charge is 2.30. The van der Waals surface area contributed by atoms with Crippen LogP contribution in [0, 0.1) is 11.7 Å². The molecule has 20 heavy (non-hydrogen) atoms. The van der Waals surface area contributed by atoms with Gasteiger partial charge in [-0.3, -0.25) is 4.79 Å². The molecule has 2 aromatic rings. The van der Waals surface area contributed by atoms with E-state index < -0.39 is 0 Å². The van der Waals surface area contributed by atoms with E-state index in [9.17, 15) is 9.18 Å². The van der Waals surface area contributed by atoms with E-state index in [1.807, 2.05) is 0 Å². The molecule has 0 radical (unpaired) electrons. The maximum Gasteiger partial charge on any atom is 0.234 e. The van der Waals surface area contributed by atoms with E-state index in [2.05, 4.69) is 10.1 Å². The van der Waals surface area contributed by atoms with Gasteiger partial charge in [0.25, 0.3) is 0 Å². The van der Waals surface area contributed by atoms with Crippen molar-refractivity contribution in [3.05, 3.63) is 41.8 Å². The first-order valence-corrected chi connectivity index (χ1v) is 7.42. The molecule has 0 spiro atoms. The lowest BCUT2D eigenvalue weighted by Crippen LogP contribution is -2.04. The Morgan fingerprint density at radius 3 is 2.80 bits per heavy atom. The van der Waals surface area contributed by atoms with Crippen LogP contribution in [0.4, 0.5) is 4.39 Å². The van der Waals surface area contributed by atoms with Gasteiger partial charge in [-0.05, 0) is 37.1 Å². The number of nitrogens with zero attached hydrogens (tertiary/aromatic N) is 2. The van der Waals surface area contributed by atoms with E-state index >= 15 is 0 Å². The van der Waals surface area contributed by atoms with Gasteiger partial charge in [-0.1, -0.05) is 5.16 Å². The molecule has 1 heterocycles. The molecule has 0 atom stereocenters. The number of aromatic nitrogens is 2. The minimum absolute atomic E-state index is 0.186. The van der Waals surface area contributed by atoms with Crippen molar-refractivity contribution in [2.45, 2.75) is 29.9 Å². The number of benzene rings is 1. The zero-order chi connectivity index (χ0) is 13.9. The fraction of sp³-hybridized carbons (Fsp3) is 0.357. The van der Waals surface area contributed by atoms with Gasteiger partial charge in [0.1, 0.15) is 11.6 Å². The predicted octanol–water partition coefficient (Wildman–Crippen LogP) is 3.02. The summed E-state index contributed by atoms with van der Waals surface area (Å²) >= 11 is 1.50. The SMILES string of the molecule is O=C(Cc1nc(CSc2ccc(F)cc2)no1)C1CC1. The van der Waals surface area contributed by atoms with Crippen LogP contribution in [0.2, 0.25) is 0 Å². The molecule has 0 bridgehead atoms. The van der Waals surface area contributed by atoms with Gasteiger partial charge in [0.15, 0.2) is 5.82 Å². The number of hydrogen-bond acceptors (Lipinski definition) is 5. The fourth-order valence-electron chi connectivity index (χ4n) is 1.80. The van der Waals surface area contributed by atoms with Crippen molar-refractivity contribution in [2.75, 3.05) is 0 Å². The zero-order valence-electron chi connectivity index (χ0n) is 10.7. The van der Waals surface area contributed by atoms with Crippen LogP contribution < -0.4 is 0 Å². The summed E-state index contributed by atoms with van der Waals surface area (Å²) in [4.78, 5) is 16.8. The largest absolute Gasteiger partial charge is 0.339 e. The van der Waals surface area contributed by atoms with Crippen molar-refractivity contribution in [3.8, 4) is 0 Å². The summed E-state index contributed by atoms with van der Waals surface area (Å²) in [6.07, 6.45) is 2.21. The van der Waals surface area contributed by atoms with Crippen LogP contribution in [0.5, 0.6) is 0 Å². The summed E-state index contributed by atoms with van der Waals surface area (Å²) in [6.45, 7) is 0. The Morgan fingerprint density at radius 1 is 1.35 bits per heavy atom. The summed E-state index contributed by atoms with van der Waals surface area (Å²) in [5.41, 5.74) is 0. The van der Waals surface area contributed by atoms with Crippen LogP contribution in [-0.2, 0) is 17.0 Å². The van der Waals surface area contributed by atoms with Crippen LogP contribution in [-0.4, -0.2) is 15.9 Å². The summed E-state index contributed by atoms with van der Waals surface area (Å²) in [5, 5.41) is 3.85. The smallest absolute Gasteiger partial charge is 0.234 e. The van der Waals surface area contributed by atoms with Gasteiger partial charge in [-0.2, -0.15) is 4.98 Å². The Labute approximate surface area is 119 Å². The Bertz CT molecular complexity index is 608. The lowest BCUT2D eigenvalue weighted by Gasteiger charge is -1.97. The molecule has 0 aliphatic heterocycles. The molecule has 1 saturated carbocycles. The molecule has 1 aliphatic carbocycles. The Balaban J connectivity index is 1.54. The van der Waals surface area contributed by atoms with Crippen molar-refractivity contribution in [1.82, 2.24) is 10.1 Å². The number of ketones is 1. The van der Waals surface area contributed by atoms with Gasteiger partial charge in [0.05, 0.1) is 12.2 Å². The second-order valence-electron chi connectivity index (χ2n) is 4.76. The number of carbonyl (C=O) groups is 1. The predicted molar refractivity (Wildman–Crippen MR) is 71.7 cm³/mol. The lowest BCUT2D eigenvalue weighted by atomic mass is 10.2. The molecule has 1 aromatic carbocycles. The zero-order valence-corrected chi connectivity index (χ0v) is 11.5. The number of Topliss-reactive ketones (excluding diaryl/α,β-unsaturated/α-hetero) is 1. The average molecular weight is 292 g/mol. The molecule has 3 rings (SSSR count). The molecule has 1 aromatic heterocycles. The first-order valence-electron chi connectivity index (χ1n) is 6.43. The minimum Gasteiger partial charge on any atom is -0.339 e. The molecule has 1 aliphatic rings. The van der Waals surface area contributed by atoms with Crippen LogP contribution >= 0.6 is 11.8 Å². The minimum atomic E-state index is -0.255. The highest BCUT2D eigenvalue weighted by Crippen LogP contribution is 2.30. The summed E-state index contributed by atoms with van der Waals surface area (Å²) < 4.78 is 17.8. The Hall–Kier alpha value is -1.69. The normalized spacial score (nSPS) is 14.4. The molecule has 0 saturated heterocycles. The summed E-state index contributed by atoms with van der Waals surface area (Å²) in [6, 6.07) is 6.24. The van der Waals surface area contributed by atoms with Crippen LogP contribution in [0.25, 0.3) is 0 Å². The monoisotopic (exact) mass is 292 g/mol. The third-order valence-corrected chi connectivity index (χ3v) is 4.06. The van der Waals surface area contributed by atoms with E-state index in [1.54, 1.807) is 12.1 Å². The summed E-state index contributed by atoms with van der Waals surface area (Å²) in [5.74, 6) is 1.61. The summed E-state index contributed by atoms with van der Waals surface area (Å²) in [7, 11) is 0. The quantitative estimate of drug-likeness (QED) is 0.766. The van der Waals surface area contributed by atoms with E-state index in [-0.39, 0.29) is 23.9 Å². The Morgan fingerprint density at radius 2 is 2.10 bits per heavy atom. The standard InChI is InChI=1S/C14H13FN2O2S/c15-10-3-5-11(6-4-10)20-8-13-16-14(19-17-13)7-12(18)9-1-2-9/h3-6,9H,1-2,7-8H2. The van der Waals surface area contributed by atoms with Crippen molar-refractivity contribution < 1.29 is 13.7 Å². The van der Waals surface area contributed by atoms with Crippen LogP contribution in [0.3, 0.4) is 0 Å². The number of hydrogen-bond donors (Lipinski definition) is 0. The van der Waals surface area contributed by atoms with E-state index in [0.717, 1.165) is 17.7 Å². The molecular weight excluding hydrogens is 279 g/mol. The van der Waals surface area contributed by atoms with Crippen LogP contribution in [0.1, 0.15) is 24.6 Å². The van der Waals surface area contributed by atoms with Crippen molar-refractivity contribution in [1.29, 1.82) is 0 Å². The number of carbonyl (C=O) groups excluding carboxylic acids is 1. The molecule has 1 fully saturated rings. The van der Waals surface area contributed by atoms with E-state index in [4.69, 9.17) is 4.52 Å². The van der Waals surface area contributed by atoms with Crippen molar-refractivity contribution >= 4 is 17.5 Å². The van der Waals surface area contributed by atoms with Gasteiger partial charge in [0, 0.05) is 10.8 Å². The van der Waals surface area contributed by atoms with Gasteiger partial charge in [-0.25, -0.2) is 4.39 Å². The second kappa shape index (κ2) is 5.75. The maximum absolute atomic E-state index is 12.8. The molecule has 0 unspecified atom stereocenters. The number of rotatable bonds is 6. The molecule has 104 valence electrons. The molecule has 0 amide bonds. The first-order chi connectivity index (χ1) is 9.70. The molecule has 6 heteroatoms. The third-order valence-electron chi connectivity index (χ3n) is 3.05. The fourth-order valence-corrected chi connectivity index (χ4v) is 2.54. The lowest BCUT2D eigenvalue weighted by molar-refractivity contribution is -0.119. The van der Waals surface area contributed by atoms with Crippen molar-refractivity contribution in [2.24, 2.45) is 5.92 Å². The van der Waals surface area contributed by atoms with E-state index in [1.165, 1.54) is 23.9 Å². The third kappa shape index (κ3) is 3.45. The molecule has 0 N–H and O–H groups in total. The average Bonchev–Trinajstić information content (AvgIpc) is 3.20. The number of thioether (sulfide) groups is 1. The van der Waals surface area contributed by atoms with Gasteiger partial charge in [-0.15, -0.1) is 11.8 Å². The topological polar surface area (TPSA) is 56.0 Å². The van der Waals surface area contributed by atoms with Gasteiger partial charge in [0.2, 0.25) is 5.89 Å². The second-order valence-corrected chi connectivity index (χ2v) is 5.81. The van der Waals surface area contributed by atoms with Gasteiger partial charge >= 0.3 is 0 Å². The highest BCUT2D eigenvalue weighted by atomic mass is 32.2. The maximum atomic E-state index is 12.8. The number of halogens is 1. The highest BCUT2D eigenvalue weighted by molar-refractivity contribution is 7.98. The van der Waals surface area contributed by atoms with Gasteiger partial charge < -0.3 is 4.52 Å². The van der Waals surface area contributed by atoms with E-state index in [0.29, 0.717) is 17.5 Å².